The van der Waals surface area contributed by atoms with Crippen molar-refractivity contribution in [3.63, 3.8) is 0 Å². The Labute approximate surface area is 84.4 Å². The molecule has 1 aromatic carbocycles. The van der Waals surface area contributed by atoms with E-state index in [1.54, 1.807) is 12.1 Å². The summed E-state index contributed by atoms with van der Waals surface area (Å²) < 4.78 is 13.0. The summed E-state index contributed by atoms with van der Waals surface area (Å²) in [6, 6.07) is 4.84. The molecule has 0 radical (unpaired) electrons. The largest absolute Gasteiger partial charge is 0.330 e. The van der Waals surface area contributed by atoms with Gasteiger partial charge in [-0.1, -0.05) is 12.1 Å². The highest BCUT2D eigenvalue weighted by molar-refractivity contribution is 5.66. The maximum absolute atomic E-state index is 13.0. The molecule has 0 saturated carbocycles. The maximum Gasteiger partial charge on any atom is 0.123 e. The number of benzene rings is 1. The Morgan fingerprint density at radius 3 is 2.86 bits per heavy atom. The fourth-order valence-electron chi connectivity index (χ4n) is 1.43. The first-order chi connectivity index (χ1) is 6.65. The summed E-state index contributed by atoms with van der Waals surface area (Å²) in [5.41, 5.74) is 8.56. The predicted octanol–water partition coefficient (Wildman–Crippen LogP) is 2.89. The fraction of sp³-hybridized carbons (Fsp3) is 0.333. The van der Waals surface area contributed by atoms with Crippen LogP contribution < -0.4 is 5.73 Å². The van der Waals surface area contributed by atoms with Crippen molar-refractivity contribution in [2.45, 2.75) is 20.3 Å². The molecule has 0 spiro atoms. The van der Waals surface area contributed by atoms with Crippen LogP contribution in [0.3, 0.4) is 0 Å². The minimum atomic E-state index is -0.189. The Kier molecular flexibility index (Phi) is 3.84. The molecule has 0 unspecified atom stereocenters. The zero-order chi connectivity index (χ0) is 10.6. The molecule has 76 valence electrons. The van der Waals surface area contributed by atoms with Crippen molar-refractivity contribution in [2.75, 3.05) is 6.54 Å². The second-order valence-corrected chi connectivity index (χ2v) is 3.42. The van der Waals surface area contributed by atoms with Crippen LogP contribution in [0.2, 0.25) is 0 Å². The van der Waals surface area contributed by atoms with E-state index in [0.717, 1.165) is 23.1 Å². The molecule has 0 heterocycles. The molecule has 0 aliphatic heterocycles. The van der Waals surface area contributed by atoms with Gasteiger partial charge in [0.15, 0.2) is 0 Å². The summed E-state index contributed by atoms with van der Waals surface area (Å²) >= 11 is 0. The van der Waals surface area contributed by atoms with Crippen LogP contribution in [0.25, 0.3) is 5.57 Å². The van der Waals surface area contributed by atoms with Gasteiger partial charge in [-0.2, -0.15) is 0 Å². The van der Waals surface area contributed by atoms with Crippen LogP contribution in [-0.2, 0) is 0 Å². The molecule has 0 aliphatic carbocycles. The zero-order valence-corrected chi connectivity index (χ0v) is 8.68. The average molecular weight is 193 g/mol. The van der Waals surface area contributed by atoms with Gasteiger partial charge in [0.25, 0.3) is 0 Å². The average Bonchev–Trinajstić information content (AvgIpc) is 2.18. The first-order valence-electron chi connectivity index (χ1n) is 4.78. The lowest BCUT2D eigenvalue weighted by Gasteiger charge is -2.06. The first-order valence-corrected chi connectivity index (χ1v) is 4.78. The van der Waals surface area contributed by atoms with Crippen LogP contribution in [-0.4, -0.2) is 6.54 Å². The molecule has 0 aliphatic rings. The molecule has 0 aromatic heterocycles. The molecule has 0 atom stereocenters. The molecular formula is C12H16FN. The second kappa shape index (κ2) is 4.91. The topological polar surface area (TPSA) is 26.0 Å². The number of hydrogen-bond acceptors (Lipinski definition) is 1. The second-order valence-electron chi connectivity index (χ2n) is 3.42. The molecule has 2 N–H and O–H groups in total. The van der Waals surface area contributed by atoms with Crippen molar-refractivity contribution in [1.82, 2.24) is 0 Å². The van der Waals surface area contributed by atoms with Crippen LogP contribution >= 0.6 is 0 Å². The fourth-order valence-corrected chi connectivity index (χ4v) is 1.43. The predicted molar refractivity (Wildman–Crippen MR) is 58.5 cm³/mol. The van der Waals surface area contributed by atoms with Gasteiger partial charge in [-0.3, -0.25) is 0 Å². The van der Waals surface area contributed by atoms with Crippen LogP contribution in [0.5, 0.6) is 0 Å². The van der Waals surface area contributed by atoms with E-state index in [9.17, 15) is 4.39 Å². The molecule has 2 heteroatoms. The van der Waals surface area contributed by atoms with Gasteiger partial charge < -0.3 is 5.73 Å². The Morgan fingerprint density at radius 2 is 2.21 bits per heavy atom. The zero-order valence-electron chi connectivity index (χ0n) is 8.68. The van der Waals surface area contributed by atoms with Gasteiger partial charge in [-0.05, 0) is 55.6 Å². The number of rotatable bonds is 3. The Balaban J connectivity index is 2.99. The highest BCUT2D eigenvalue weighted by atomic mass is 19.1. The maximum atomic E-state index is 13.0. The van der Waals surface area contributed by atoms with E-state index in [1.807, 2.05) is 19.9 Å². The molecule has 0 bridgehead atoms. The van der Waals surface area contributed by atoms with Crippen LogP contribution in [0.1, 0.15) is 24.5 Å². The third kappa shape index (κ3) is 2.67. The smallest absolute Gasteiger partial charge is 0.123 e. The molecule has 0 fully saturated rings. The van der Waals surface area contributed by atoms with Gasteiger partial charge in [0.2, 0.25) is 0 Å². The molecule has 1 rings (SSSR count). The summed E-state index contributed by atoms with van der Waals surface area (Å²) in [5.74, 6) is -0.189. The Bertz CT molecular complexity index is 342. The van der Waals surface area contributed by atoms with E-state index >= 15 is 0 Å². The highest BCUT2D eigenvalue weighted by Gasteiger charge is 2.01. The minimum absolute atomic E-state index is 0.189. The molecule has 14 heavy (non-hydrogen) atoms. The minimum Gasteiger partial charge on any atom is -0.330 e. The third-order valence-electron chi connectivity index (χ3n) is 2.24. The molecule has 0 saturated heterocycles. The Morgan fingerprint density at radius 1 is 1.50 bits per heavy atom. The molecule has 1 aromatic rings. The van der Waals surface area contributed by atoms with Gasteiger partial charge in [0.05, 0.1) is 0 Å². The summed E-state index contributed by atoms with van der Waals surface area (Å²) in [7, 11) is 0. The number of aryl methyl sites for hydroxylation is 1. The van der Waals surface area contributed by atoms with Crippen molar-refractivity contribution in [2.24, 2.45) is 5.73 Å². The van der Waals surface area contributed by atoms with Gasteiger partial charge >= 0.3 is 0 Å². The van der Waals surface area contributed by atoms with E-state index in [4.69, 9.17) is 5.73 Å². The van der Waals surface area contributed by atoms with Crippen LogP contribution in [0, 0.1) is 12.7 Å². The highest BCUT2D eigenvalue weighted by Crippen LogP contribution is 2.19. The number of nitrogens with two attached hydrogens (primary N) is 1. The third-order valence-corrected chi connectivity index (χ3v) is 2.24. The lowest BCUT2D eigenvalue weighted by atomic mass is 10.0. The number of allylic oxidation sites excluding steroid dienone is 1. The van der Waals surface area contributed by atoms with Gasteiger partial charge in [0, 0.05) is 0 Å². The quantitative estimate of drug-likeness (QED) is 0.784. The first kappa shape index (κ1) is 10.9. The van der Waals surface area contributed by atoms with E-state index in [-0.39, 0.29) is 5.82 Å². The standard InChI is InChI=1S/C12H16FN/c1-9(4-3-7-14)12-8-11(13)6-5-10(12)2/h4-6,8H,3,7,14H2,1-2H3. The van der Waals surface area contributed by atoms with Crippen molar-refractivity contribution in [3.8, 4) is 0 Å². The lowest BCUT2D eigenvalue weighted by Crippen LogP contribution is -1.96. The van der Waals surface area contributed by atoms with Crippen molar-refractivity contribution < 1.29 is 4.39 Å². The Hall–Kier alpha value is -1.15. The van der Waals surface area contributed by atoms with Gasteiger partial charge in [0.1, 0.15) is 5.82 Å². The summed E-state index contributed by atoms with van der Waals surface area (Å²) in [6.07, 6.45) is 2.88. The van der Waals surface area contributed by atoms with E-state index in [0.29, 0.717) is 6.54 Å². The van der Waals surface area contributed by atoms with E-state index < -0.39 is 0 Å². The lowest BCUT2D eigenvalue weighted by molar-refractivity contribution is 0.627. The molecule has 0 amide bonds. The van der Waals surface area contributed by atoms with Gasteiger partial charge in [-0.25, -0.2) is 4.39 Å². The van der Waals surface area contributed by atoms with E-state index in [2.05, 4.69) is 0 Å². The monoisotopic (exact) mass is 193 g/mol. The summed E-state index contributed by atoms with van der Waals surface area (Å²) in [5, 5.41) is 0. The SMILES string of the molecule is CC(=CCCN)c1cc(F)ccc1C. The van der Waals surface area contributed by atoms with Crippen molar-refractivity contribution in [3.05, 3.63) is 41.2 Å². The number of hydrogen-bond donors (Lipinski definition) is 1. The molecule has 1 nitrogen and oxygen atoms in total. The van der Waals surface area contributed by atoms with Crippen molar-refractivity contribution >= 4 is 5.57 Å². The molecular weight excluding hydrogens is 177 g/mol. The van der Waals surface area contributed by atoms with Crippen LogP contribution in [0.15, 0.2) is 24.3 Å². The van der Waals surface area contributed by atoms with Gasteiger partial charge in [-0.15, -0.1) is 0 Å². The van der Waals surface area contributed by atoms with E-state index in [1.165, 1.54) is 6.07 Å². The van der Waals surface area contributed by atoms with Crippen LogP contribution in [0.4, 0.5) is 4.39 Å². The van der Waals surface area contributed by atoms with Crippen molar-refractivity contribution in [1.29, 1.82) is 0 Å². The summed E-state index contributed by atoms with van der Waals surface area (Å²) in [6.45, 7) is 4.59. The normalized spacial score (nSPS) is 11.9. The number of halogens is 1. The summed E-state index contributed by atoms with van der Waals surface area (Å²) in [4.78, 5) is 0.